The lowest BCUT2D eigenvalue weighted by Gasteiger charge is -2.32. The summed E-state index contributed by atoms with van der Waals surface area (Å²) in [5, 5.41) is 2.45. The summed E-state index contributed by atoms with van der Waals surface area (Å²) >= 11 is 5.99. The number of aliphatic imine (C=N–C) groups is 1. The lowest BCUT2D eigenvalue weighted by molar-refractivity contribution is -0.129. The number of anilines is 1. The molecule has 0 spiro atoms. The summed E-state index contributed by atoms with van der Waals surface area (Å²) in [6.07, 6.45) is 0.645. The van der Waals surface area contributed by atoms with Crippen LogP contribution in [0.1, 0.15) is 12.0 Å². The largest absolute Gasteiger partial charge is 0.487 e. The minimum Gasteiger partial charge on any atom is -0.420 e. The number of hydrogen-bond acceptors (Lipinski definition) is 5. The van der Waals surface area contributed by atoms with Crippen LogP contribution in [-0.2, 0) is 16.0 Å². The molecule has 0 saturated carbocycles. The third-order valence-electron chi connectivity index (χ3n) is 5.24. The summed E-state index contributed by atoms with van der Waals surface area (Å²) in [7, 11) is 0. The molecule has 3 aromatic rings. The summed E-state index contributed by atoms with van der Waals surface area (Å²) in [5.41, 5.74) is -1.70. The molecule has 36 heavy (non-hydrogen) atoms. The maximum absolute atomic E-state index is 13.1. The summed E-state index contributed by atoms with van der Waals surface area (Å²) in [4.78, 5) is 32.4. The number of rotatable bonds is 8. The van der Waals surface area contributed by atoms with Crippen molar-refractivity contribution in [1.29, 1.82) is 0 Å². The first-order valence-electron chi connectivity index (χ1n) is 11.1. The number of alkyl halides is 3. The van der Waals surface area contributed by atoms with Gasteiger partial charge in [-0.15, -0.1) is 8.78 Å². The van der Waals surface area contributed by atoms with Crippen LogP contribution in [0.3, 0.4) is 0 Å². The Labute approximate surface area is 216 Å². The van der Waals surface area contributed by atoms with Gasteiger partial charge in [0.05, 0.1) is 5.69 Å². The van der Waals surface area contributed by atoms with E-state index in [0.717, 1.165) is 5.56 Å². The highest BCUT2D eigenvalue weighted by Gasteiger charge is 2.36. The van der Waals surface area contributed by atoms with Crippen LogP contribution >= 0.6 is 23.4 Å². The van der Waals surface area contributed by atoms with E-state index >= 15 is 0 Å². The second-order valence-electron chi connectivity index (χ2n) is 7.88. The number of hydrogen-bond donors (Lipinski definition) is 1. The summed E-state index contributed by atoms with van der Waals surface area (Å²) in [6.45, 7) is 0.433. The highest BCUT2D eigenvalue weighted by atomic mass is 35.5. The van der Waals surface area contributed by atoms with E-state index in [1.54, 1.807) is 4.90 Å². The van der Waals surface area contributed by atoms with E-state index in [9.17, 15) is 18.4 Å². The molecule has 3 aromatic carbocycles. The van der Waals surface area contributed by atoms with E-state index in [2.05, 4.69) is 15.0 Å². The SMILES string of the molecule is O=C(Nc1ccc(OC(F)(F)Cl)cc1)C1CC(=O)N(CCc2ccccc2)C(=Nc2ccccc2)S1. The van der Waals surface area contributed by atoms with Gasteiger partial charge >= 0.3 is 5.57 Å². The molecule has 1 heterocycles. The second-order valence-corrected chi connectivity index (χ2v) is 9.49. The first-order valence-corrected chi connectivity index (χ1v) is 12.3. The van der Waals surface area contributed by atoms with Crippen molar-refractivity contribution in [3.8, 4) is 5.75 Å². The predicted octanol–water partition coefficient (Wildman–Crippen LogP) is 6.06. The number of amidine groups is 1. The molecule has 0 aromatic heterocycles. The molecular formula is C26H22ClF2N3O3S. The predicted molar refractivity (Wildman–Crippen MR) is 138 cm³/mol. The van der Waals surface area contributed by atoms with Gasteiger partial charge in [0, 0.05) is 30.3 Å². The maximum Gasteiger partial charge on any atom is 0.487 e. The molecule has 10 heteroatoms. The number of ether oxygens (including phenoxy) is 1. The normalized spacial score (nSPS) is 17.2. The van der Waals surface area contributed by atoms with Crippen molar-refractivity contribution in [3.63, 3.8) is 0 Å². The third-order valence-corrected chi connectivity index (χ3v) is 6.50. The van der Waals surface area contributed by atoms with Gasteiger partial charge in [0.2, 0.25) is 11.8 Å². The monoisotopic (exact) mass is 529 g/mol. The Morgan fingerprint density at radius 2 is 1.69 bits per heavy atom. The number of nitrogens with zero attached hydrogens (tertiary/aromatic N) is 2. The fraction of sp³-hybridized carbons (Fsp3) is 0.192. The number of nitrogens with one attached hydrogen (secondary N) is 1. The smallest absolute Gasteiger partial charge is 0.420 e. The Balaban J connectivity index is 1.48. The van der Waals surface area contributed by atoms with Gasteiger partial charge in [-0.05, 0) is 48.4 Å². The van der Waals surface area contributed by atoms with Crippen LogP contribution in [0.5, 0.6) is 5.75 Å². The molecule has 1 aliphatic heterocycles. The van der Waals surface area contributed by atoms with E-state index in [4.69, 9.17) is 11.6 Å². The average Bonchev–Trinajstić information content (AvgIpc) is 2.85. The van der Waals surface area contributed by atoms with Gasteiger partial charge in [-0.2, -0.15) is 0 Å². The first kappa shape index (κ1) is 25.7. The van der Waals surface area contributed by atoms with Crippen LogP contribution in [0.15, 0.2) is 89.9 Å². The fourth-order valence-corrected chi connectivity index (χ4v) is 4.74. The van der Waals surface area contributed by atoms with Crippen molar-refractivity contribution in [3.05, 3.63) is 90.5 Å². The number of halogens is 3. The first-order chi connectivity index (χ1) is 17.3. The highest BCUT2D eigenvalue weighted by molar-refractivity contribution is 8.15. The van der Waals surface area contributed by atoms with Crippen molar-refractivity contribution < 1.29 is 23.1 Å². The van der Waals surface area contributed by atoms with E-state index < -0.39 is 16.7 Å². The summed E-state index contributed by atoms with van der Waals surface area (Å²) < 4.78 is 29.9. The molecule has 6 nitrogen and oxygen atoms in total. The van der Waals surface area contributed by atoms with Gasteiger partial charge in [0.15, 0.2) is 5.17 Å². The van der Waals surface area contributed by atoms with Crippen LogP contribution in [0.4, 0.5) is 20.2 Å². The number of thioether (sulfide) groups is 1. The zero-order chi connectivity index (χ0) is 25.5. The summed E-state index contributed by atoms with van der Waals surface area (Å²) in [5.74, 6) is -0.748. The Morgan fingerprint density at radius 3 is 2.33 bits per heavy atom. The number of para-hydroxylation sites is 1. The van der Waals surface area contributed by atoms with Gasteiger partial charge in [-0.25, -0.2) is 4.99 Å². The van der Waals surface area contributed by atoms with Crippen LogP contribution < -0.4 is 10.1 Å². The van der Waals surface area contributed by atoms with E-state index in [1.807, 2.05) is 60.7 Å². The number of amides is 2. The van der Waals surface area contributed by atoms with Crippen LogP contribution in [-0.4, -0.2) is 39.2 Å². The molecule has 0 bridgehead atoms. The van der Waals surface area contributed by atoms with Gasteiger partial charge < -0.3 is 10.1 Å². The molecule has 4 rings (SSSR count). The van der Waals surface area contributed by atoms with E-state index in [1.165, 1.54) is 36.0 Å². The molecule has 1 unspecified atom stereocenters. The van der Waals surface area contributed by atoms with Crippen LogP contribution in [0.2, 0.25) is 0 Å². The number of carbonyl (C=O) groups excluding carboxylic acids is 2. The topological polar surface area (TPSA) is 71.0 Å². The van der Waals surface area contributed by atoms with Gasteiger partial charge in [0.1, 0.15) is 11.0 Å². The van der Waals surface area contributed by atoms with Crippen molar-refractivity contribution in [2.75, 3.05) is 11.9 Å². The van der Waals surface area contributed by atoms with Gasteiger partial charge in [-0.1, -0.05) is 60.3 Å². The van der Waals surface area contributed by atoms with Crippen molar-refractivity contribution >= 4 is 51.7 Å². The Morgan fingerprint density at radius 1 is 1.06 bits per heavy atom. The molecule has 1 fully saturated rings. The Kier molecular flexibility index (Phi) is 8.22. The number of benzene rings is 3. The van der Waals surface area contributed by atoms with Crippen molar-refractivity contribution in [2.45, 2.75) is 23.7 Å². The van der Waals surface area contributed by atoms with Gasteiger partial charge in [0.25, 0.3) is 0 Å². The molecule has 0 radical (unpaired) electrons. The number of carbonyl (C=O) groups is 2. The molecule has 2 amide bonds. The lowest BCUT2D eigenvalue weighted by atomic mass is 10.1. The second kappa shape index (κ2) is 11.5. The zero-order valence-electron chi connectivity index (χ0n) is 18.9. The van der Waals surface area contributed by atoms with E-state index in [-0.39, 0.29) is 18.1 Å². The lowest BCUT2D eigenvalue weighted by Crippen LogP contribution is -2.46. The van der Waals surface area contributed by atoms with Crippen LogP contribution in [0.25, 0.3) is 0 Å². The molecule has 186 valence electrons. The Hall–Kier alpha value is -3.43. The molecule has 1 aliphatic rings. The van der Waals surface area contributed by atoms with Crippen molar-refractivity contribution in [2.24, 2.45) is 4.99 Å². The molecule has 1 atom stereocenters. The quantitative estimate of drug-likeness (QED) is 0.360. The van der Waals surface area contributed by atoms with E-state index in [0.29, 0.717) is 29.5 Å². The van der Waals surface area contributed by atoms with Crippen LogP contribution in [0, 0.1) is 0 Å². The maximum atomic E-state index is 13.1. The summed E-state index contributed by atoms with van der Waals surface area (Å²) in [6, 6.07) is 24.4. The molecule has 1 saturated heterocycles. The molecule has 0 aliphatic carbocycles. The molecular weight excluding hydrogens is 508 g/mol. The average molecular weight is 530 g/mol. The molecule has 1 N–H and O–H groups in total. The van der Waals surface area contributed by atoms with Gasteiger partial charge in [-0.3, -0.25) is 14.5 Å². The minimum atomic E-state index is -3.83. The highest BCUT2D eigenvalue weighted by Crippen LogP contribution is 2.31. The standard InChI is InChI=1S/C26H22ClF2N3O3S/c27-26(28,29)35-21-13-11-20(12-14-21)30-24(34)22-17-23(33)32(16-15-18-7-3-1-4-8-18)25(36-22)31-19-9-5-2-6-10-19/h1-14,22H,15-17H2,(H,30,34). The van der Waals surface area contributed by atoms with Crippen molar-refractivity contribution in [1.82, 2.24) is 4.90 Å². The zero-order valence-corrected chi connectivity index (χ0v) is 20.5. The fourth-order valence-electron chi connectivity index (χ4n) is 3.52. The Bertz CT molecular complexity index is 1220. The third kappa shape index (κ3) is 7.29. The minimum absolute atomic E-state index is 0.00123.